The van der Waals surface area contributed by atoms with Crippen LogP contribution in [0.2, 0.25) is 0 Å². The van der Waals surface area contributed by atoms with Crippen molar-refractivity contribution in [3.8, 4) is 0 Å². The summed E-state index contributed by atoms with van der Waals surface area (Å²) >= 11 is 0. The maximum absolute atomic E-state index is 11.4. The third-order valence-electron chi connectivity index (χ3n) is 3.57. The lowest BCUT2D eigenvalue weighted by Crippen LogP contribution is -2.31. The van der Waals surface area contributed by atoms with E-state index in [9.17, 15) is 4.79 Å². The van der Waals surface area contributed by atoms with Gasteiger partial charge in [0.15, 0.2) is 0 Å². The molecule has 0 spiro atoms. The Bertz CT molecular complexity index is 260. The van der Waals surface area contributed by atoms with Crippen LogP contribution in [0.15, 0.2) is 12.2 Å². The van der Waals surface area contributed by atoms with Crippen molar-refractivity contribution in [3.63, 3.8) is 0 Å². The van der Waals surface area contributed by atoms with Crippen molar-refractivity contribution < 1.29 is 4.79 Å². The Morgan fingerprint density at radius 1 is 1.29 bits per heavy atom. The minimum absolute atomic E-state index is 0.239. The first-order valence-electron chi connectivity index (χ1n) is 7.09. The molecule has 0 radical (unpaired) electrons. The van der Waals surface area contributed by atoms with E-state index in [4.69, 9.17) is 0 Å². The van der Waals surface area contributed by atoms with E-state index in [0.29, 0.717) is 0 Å². The standard InChI is InChI=1S/C15H27NO/c1-4-6-7-8-9-14-11-15(14)12-16(10-5-2)13(3)17/h6-7,14-15H,4-5,8-12H2,1-3H3/b7-6-/t14-,15-/m0/s1. The maximum atomic E-state index is 11.4. The summed E-state index contributed by atoms with van der Waals surface area (Å²) in [6, 6.07) is 0. The van der Waals surface area contributed by atoms with Crippen molar-refractivity contribution in [2.45, 2.75) is 52.9 Å². The maximum Gasteiger partial charge on any atom is 0.219 e. The first-order chi connectivity index (χ1) is 8.19. The van der Waals surface area contributed by atoms with Crippen LogP contribution in [0.4, 0.5) is 0 Å². The Kier molecular flexibility index (Phi) is 6.31. The molecule has 2 atom stereocenters. The fraction of sp³-hybridized carbons (Fsp3) is 0.800. The fourth-order valence-electron chi connectivity index (χ4n) is 2.41. The average Bonchev–Trinajstić information content (AvgIpc) is 3.02. The van der Waals surface area contributed by atoms with Crippen LogP contribution in [0, 0.1) is 11.8 Å². The predicted molar refractivity (Wildman–Crippen MR) is 72.8 cm³/mol. The van der Waals surface area contributed by atoms with Gasteiger partial charge in [-0.2, -0.15) is 0 Å². The second-order valence-corrected chi connectivity index (χ2v) is 5.18. The van der Waals surface area contributed by atoms with Crippen LogP contribution in [-0.4, -0.2) is 23.9 Å². The molecule has 0 heterocycles. The SMILES string of the molecule is CC/C=C\CC[C@H]1C[C@H]1CN(CCC)C(C)=O. The Labute approximate surface area is 106 Å². The molecule has 1 saturated carbocycles. The normalized spacial score (nSPS) is 23.0. The van der Waals surface area contributed by atoms with E-state index >= 15 is 0 Å². The quantitative estimate of drug-likeness (QED) is 0.590. The van der Waals surface area contributed by atoms with Crippen LogP contribution >= 0.6 is 0 Å². The average molecular weight is 237 g/mol. The van der Waals surface area contributed by atoms with Crippen molar-refractivity contribution in [1.82, 2.24) is 4.90 Å². The molecule has 0 aromatic carbocycles. The zero-order valence-corrected chi connectivity index (χ0v) is 11.6. The van der Waals surface area contributed by atoms with Gasteiger partial charge in [-0.25, -0.2) is 0 Å². The number of amides is 1. The number of rotatable bonds is 8. The molecule has 0 aromatic heterocycles. The van der Waals surface area contributed by atoms with E-state index in [1.165, 1.54) is 19.3 Å². The molecular weight excluding hydrogens is 210 g/mol. The van der Waals surface area contributed by atoms with Crippen LogP contribution in [0.1, 0.15) is 52.9 Å². The minimum atomic E-state index is 0.239. The lowest BCUT2D eigenvalue weighted by Gasteiger charge is -2.20. The molecule has 17 heavy (non-hydrogen) atoms. The van der Waals surface area contributed by atoms with Crippen LogP contribution in [-0.2, 0) is 4.79 Å². The highest BCUT2D eigenvalue weighted by atomic mass is 16.2. The number of carbonyl (C=O) groups is 1. The largest absolute Gasteiger partial charge is 0.343 e. The lowest BCUT2D eigenvalue weighted by molar-refractivity contribution is -0.129. The molecule has 2 heteroatoms. The molecule has 1 amide bonds. The summed E-state index contributed by atoms with van der Waals surface area (Å²) < 4.78 is 0. The molecule has 0 unspecified atom stereocenters. The Hall–Kier alpha value is -0.790. The van der Waals surface area contributed by atoms with Crippen LogP contribution < -0.4 is 0 Å². The van der Waals surface area contributed by atoms with Crippen molar-refractivity contribution in [3.05, 3.63) is 12.2 Å². The van der Waals surface area contributed by atoms with Crippen molar-refractivity contribution in [2.24, 2.45) is 11.8 Å². The second kappa shape index (κ2) is 7.52. The van der Waals surface area contributed by atoms with Gasteiger partial charge in [0.25, 0.3) is 0 Å². The highest BCUT2D eigenvalue weighted by molar-refractivity contribution is 5.73. The number of hydrogen-bond donors (Lipinski definition) is 0. The van der Waals surface area contributed by atoms with Gasteiger partial charge in [-0.3, -0.25) is 4.79 Å². The number of nitrogens with zero attached hydrogens (tertiary/aromatic N) is 1. The first-order valence-corrected chi connectivity index (χ1v) is 7.09. The van der Waals surface area contributed by atoms with E-state index in [0.717, 1.165) is 37.8 Å². The van der Waals surface area contributed by atoms with Crippen LogP contribution in [0.25, 0.3) is 0 Å². The molecule has 1 rings (SSSR count). The van der Waals surface area contributed by atoms with Crippen molar-refractivity contribution >= 4 is 5.91 Å². The van der Waals surface area contributed by atoms with E-state index in [1.807, 2.05) is 4.90 Å². The smallest absolute Gasteiger partial charge is 0.219 e. The molecule has 0 aromatic rings. The Morgan fingerprint density at radius 2 is 2.06 bits per heavy atom. The third-order valence-corrected chi connectivity index (χ3v) is 3.57. The van der Waals surface area contributed by atoms with Gasteiger partial charge in [0, 0.05) is 20.0 Å². The summed E-state index contributed by atoms with van der Waals surface area (Å²) in [7, 11) is 0. The van der Waals surface area contributed by atoms with Gasteiger partial charge in [0.05, 0.1) is 0 Å². The number of hydrogen-bond acceptors (Lipinski definition) is 1. The summed E-state index contributed by atoms with van der Waals surface area (Å²) in [5.41, 5.74) is 0. The highest BCUT2D eigenvalue weighted by Gasteiger charge is 2.37. The summed E-state index contributed by atoms with van der Waals surface area (Å²) in [5.74, 6) is 1.89. The van der Waals surface area contributed by atoms with E-state index in [2.05, 4.69) is 26.0 Å². The lowest BCUT2D eigenvalue weighted by atomic mass is 10.1. The van der Waals surface area contributed by atoms with Gasteiger partial charge in [0.1, 0.15) is 0 Å². The summed E-state index contributed by atoms with van der Waals surface area (Å²) in [4.78, 5) is 13.4. The van der Waals surface area contributed by atoms with E-state index in [1.54, 1.807) is 6.92 Å². The molecule has 0 saturated heterocycles. The molecule has 1 aliphatic carbocycles. The van der Waals surface area contributed by atoms with Crippen LogP contribution in [0.3, 0.4) is 0 Å². The Balaban J connectivity index is 2.17. The molecule has 2 nitrogen and oxygen atoms in total. The molecule has 1 aliphatic rings. The van der Waals surface area contributed by atoms with Crippen LogP contribution in [0.5, 0.6) is 0 Å². The number of carbonyl (C=O) groups excluding carboxylic acids is 1. The first kappa shape index (κ1) is 14.3. The van der Waals surface area contributed by atoms with E-state index in [-0.39, 0.29) is 5.91 Å². The topological polar surface area (TPSA) is 20.3 Å². The number of allylic oxidation sites excluding steroid dienone is 2. The van der Waals surface area contributed by atoms with Crippen molar-refractivity contribution in [1.29, 1.82) is 0 Å². The third kappa shape index (κ3) is 5.38. The van der Waals surface area contributed by atoms with Gasteiger partial charge in [-0.15, -0.1) is 0 Å². The van der Waals surface area contributed by atoms with E-state index < -0.39 is 0 Å². The summed E-state index contributed by atoms with van der Waals surface area (Å²) in [5, 5.41) is 0. The molecule has 0 bridgehead atoms. The monoisotopic (exact) mass is 237 g/mol. The predicted octanol–water partition coefficient (Wildman–Crippen LogP) is 3.63. The molecule has 0 aliphatic heterocycles. The van der Waals surface area contributed by atoms with Gasteiger partial charge < -0.3 is 4.90 Å². The van der Waals surface area contributed by atoms with Gasteiger partial charge in [-0.1, -0.05) is 26.0 Å². The van der Waals surface area contributed by atoms with Gasteiger partial charge in [0.2, 0.25) is 5.91 Å². The molecular formula is C15H27NO. The zero-order chi connectivity index (χ0) is 12.7. The summed E-state index contributed by atoms with van der Waals surface area (Å²) in [6.45, 7) is 7.92. The molecule has 0 N–H and O–H groups in total. The molecule has 98 valence electrons. The van der Waals surface area contributed by atoms with Crippen molar-refractivity contribution in [2.75, 3.05) is 13.1 Å². The zero-order valence-electron chi connectivity index (χ0n) is 11.6. The van der Waals surface area contributed by atoms with Gasteiger partial charge in [-0.05, 0) is 43.9 Å². The summed E-state index contributed by atoms with van der Waals surface area (Å²) in [6.07, 6.45) is 10.6. The Morgan fingerprint density at radius 3 is 2.65 bits per heavy atom. The minimum Gasteiger partial charge on any atom is -0.343 e. The highest BCUT2D eigenvalue weighted by Crippen LogP contribution is 2.42. The fourth-order valence-corrected chi connectivity index (χ4v) is 2.41. The van der Waals surface area contributed by atoms with Gasteiger partial charge >= 0.3 is 0 Å². The molecule has 1 fully saturated rings. The second-order valence-electron chi connectivity index (χ2n) is 5.18.